The molecule has 2 rings (SSSR count). The summed E-state index contributed by atoms with van der Waals surface area (Å²) in [5, 5.41) is 0. The van der Waals surface area contributed by atoms with Gasteiger partial charge in [-0.1, -0.05) is 15.9 Å². The molecule has 100 valence electrons. The summed E-state index contributed by atoms with van der Waals surface area (Å²) >= 11 is 6.49. The predicted octanol–water partition coefficient (Wildman–Crippen LogP) is 4.17. The van der Waals surface area contributed by atoms with E-state index in [1.165, 1.54) is 0 Å². The van der Waals surface area contributed by atoms with Crippen LogP contribution in [-0.4, -0.2) is 13.1 Å². The van der Waals surface area contributed by atoms with Crippen LogP contribution in [-0.2, 0) is 11.3 Å². The molecule has 0 N–H and O–H groups in total. The molecule has 0 aliphatic carbocycles. The molecule has 6 heteroatoms. The molecule has 0 saturated heterocycles. The number of methoxy groups -OCH3 is 1. The van der Waals surface area contributed by atoms with Crippen molar-refractivity contribution in [3.63, 3.8) is 0 Å². The maximum atomic E-state index is 11.7. The largest absolute Gasteiger partial charge is 0.496 e. The highest BCUT2D eigenvalue weighted by molar-refractivity contribution is 9.10. The van der Waals surface area contributed by atoms with Gasteiger partial charge in [0.15, 0.2) is 4.67 Å². The molecule has 2 aromatic rings. The SMILES string of the molecule is COc1ccc(Br)cc1COC(=O)c1ccc(Br)o1. The Bertz CT molecular complexity index is 592. The molecule has 0 bridgehead atoms. The highest BCUT2D eigenvalue weighted by atomic mass is 79.9. The van der Waals surface area contributed by atoms with Gasteiger partial charge in [-0.3, -0.25) is 0 Å². The van der Waals surface area contributed by atoms with Crippen molar-refractivity contribution in [1.82, 2.24) is 0 Å². The Morgan fingerprint density at radius 3 is 2.68 bits per heavy atom. The zero-order chi connectivity index (χ0) is 13.8. The third-order valence-electron chi connectivity index (χ3n) is 2.38. The minimum Gasteiger partial charge on any atom is -0.496 e. The first kappa shape index (κ1) is 14.1. The maximum absolute atomic E-state index is 11.7. The number of rotatable bonds is 4. The molecule has 0 atom stereocenters. The van der Waals surface area contributed by atoms with Gasteiger partial charge in [0, 0.05) is 10.0 Å². The third kappa shape index (κ3) is 3.61. The highest BCUT2D eigenvalue weighted by Gasteiger charge is 2.13. The number of furan rings is 1. The van der Waals surface area contributed by atoms with Crippen molar-refractivity contribution in [2.45, 2.75) is 6.61 Å². The lowest BCUT2D eigenvalue weighted by Crippen LogP contribution is -2.05. The molecule has 1 aromatic heterocycles. The molecule has 0 amide bonds. The molecule has 0 spiro atoms. The molecule has 4 nitrogen and oxygen atoms in total. The Hall–Kier alpha value is -1.27. The summed E-state index contributed by atoms with van der Waals surface area (Å²) in [5.74, 6) is 0.296. The van der Waals surface area contributed by atoms with Gasteiger partial charge in [0.05, 0.1) is 7.11 Å². The average molecular weight is 390 g/mol. The van der Waals surface area contributed by atoms with Gasteiger partial charge in [-0.25, -0.2) is 4.79 Å². The molecule has 1 aromatic carbocycles. The average Bonchev–Trinajstić information content (AvgIpc) is 2.83. The van der Waals surface area contributed by atoms with Gasteiger partial charge < -0.3 is 13.9 Å². The van der Waals surface area contributed by atoms with Crippen molar-refractivity contribution in [1.29, 1.82) is 0 Å². The fourth-order valence-electron chi connectivity index (χ4n) is 1.50. The summed E-state index contributed by atoms with van der Waals surface area (Å²) in [6, 6.07) is 8.68. The summed E-state index contributed by atoms with van der Waals surface area (Å²) in [5.41, 5.74) is 0.774. The topological polar surface area (TPSA) is 48.7 Å². The fraction of sp³-hybridized carbons (Fsp3) is 0.154. The lowest BCUT2D eigenvalue weighted by Gasteiger charge is -2.09. The van der Waals surface area contributed by atoms with Gasteiger partial charge in [-0.2, -0.15) is 0 Å². The van der Waals surface area contributed by atoms with Crippen LogP contribution in [0.15, 0.2) is 43.9 Å². The maximum Gasteiger partial charge on any atom is 0.374 e. The van der Waals surface area contributed by atoms with Crippen molar-refractivity contribution in [2.75, 3.05) is 7.11 Å². The van der Waals surface area contributed by atoms with Crippen LogP contribution in [0.4, 0.5) is 0 Å². The summed E-state index contributed by atoms with van der Waals surface area (Å²) in [6.45, 7) is 0.111. The Kier molecular flexibility index (Phi) is 4.66. The molecule has 1 heterocycles. The van der Waals surface area contributed by atoms with E-state index in [0.717, 1.165) is 10.0 Å². The lowest BCUT2D eigenvalue weighted by atomic mass is 10.2. The van der Waals surface area contributed by atoms with Crippen LogP contribution in [0.1, 0.15) is 16.1 Å². The van der Waals surface area contributed by atoms with Crippen molar-refractivity contribution in [3.8, 4) is 5.75 Å². The fourth-order valence-corrected chi connectivity index (χ4v) is 2.21. The number of carbonyl (C=O) groups excluding carboxylic acids is 1. The van der Waals surface area contributed by atoms with Crippen LogP contribution in [0.3, 0.4) is 0 Å². The number of ether oxygens (including phenoxy) is 2. The van der Waals surface area contributed by atoms with E-state index in [1.54, 1.807) is 25.3 Å². The minimum absolute atomic E-state index is 0.111. The number of benzene rings is 1. The van der Waals surface area contributed by atoms with E-state index < -0.39 is 5.97 Å². The monoisotopic (exact) mass is 388 g/mol. The molecule has 0 aliphatic heterocycles. The van der Waals surface area contributed by atoms with Crippen molar-refractivity contribution in [2.24, 2.45) is 0 Å². The normalized spacial score (nSPS) is 10.3. The van der Waals surface area contributed by atoms with Crippen LogP contribution >= 0.6 is 31.9 Å². The van der Waals surface area contributed by atoms with Crippen LogP contribution in [0, 0.1) is 0 Å². The minimum atomic E-state index is -0.521. The van der Waals surface area contributed by atoms with Crippen LogP contribution < -0.4 is 4.74 Å². The summed E-state index contributed by atoms with van der Waals surface area (Å²) in [6.07, 6.45) is 0. The quantitative estimate of drug-likeness (QED) is 0.736. The molecule has 0 radical (unpaired) electrons. The second-order valence-electron chi connectivity index (χ2n) is 3.64. The molecule has 0 aliphatic rings. The van der Waals surface area contributed by atoms with Gasteiger partial charge in [-0.05, 0) is 46.3 Å². The summed E-state index contributed by atoms with van der Waals surface area (Å²) in [4.78, 5) is 11.7. The van der Waals surface area contributed by atoms with E-state index in [1.807, 2.05) is 12.1 Å². The van der Waals surface area contributed by atoms with Gasteiger partial charge in [0.2, 0.25) is 5.76 Å². The first-order chi connectivity index (χ1) is 9.10. The van der Waals surface area contributed by atoms with E-state index in [2.05, 4.69) is 31.9 Å². The summed E-state index contributed by atoms with van der Waals surface area (Å²) < 4.78 is 16.9. The second-order valence-corrected chi connectivity index (χ2v) is 5.33. The Labute approximate surface area is 127 Å². The second kappa shape index (κ2) is 6.25. The predicted molar refractivity (Wildman–Crippen MR) is 76.2 cm³/mol. The zero-order valence-corrected chi connectivity index (χ0v) is 13.2. The Morgan fingerprint density at radius 1 is 1.26 bits per heavy atom. The van der Waals surface area contributed by atoms with Crippen molar-refractivity contribution >= 4 is 37.8 Å². The molecular formula is C13H10Br2O4. The van der Waals surface area contributed by atoms with Crippen LogP contribution in [0.2, 0.25) is 0 Å². The van der Waals surface area contributed by atoms with E-state index in [9.17, 15) is 4.79 Å². The van der Waals surface area contributed by atoms with Gasteiger partial charge >= 0.3 is 5.97 Å². The van der Waals surface area contributed by atoms with E-state index in [0.29, 0.717) is 10.4 Å². The molecule has 0 fully saturated rings. The van der Waals surface area contributed by atoms with Crippen molar-refractivity contribution in [3.05, 3.63) is 50.8 Å². The first-order valence-corrected chi connectivity index (χ1v) is 6.93. The summed E-state index contributed by atoms with van der Waals surface area (Å²) in [7, 11) is 1.57. The Morgan fingerprint density at radius 2 is 2.05 bits per heavy atom. The number of halogens is 2. The number of hydrogen-bond donors (Lipinski definition) is 0. The molecular weight excluding hydrogens is 380 g/mol. The van der Waals surface area contributed by atoms with E-state index >= 15 is 0 Å². The number of esters is 1. The zero-order valence-electron chi connectivity index (χ0n) is 9.98. The van der Waals surface area contributed by atoms with Crippen molar-refractivity contribution < 1.29 is 18.7 Å². The molecule has 0 unspecified atom stereocenters. The highest BCUT2D eigenvalue weighted by Crippen LogP contribution is 2.24. The van der Waals surface area contributed by atoms with Gasteiger partial charge in [-0.15, -0.1) is 0 Å². The molecule has 19 heavy (non-hydrogen) atoms. The van der Waals surface area contributed by atoms with E-state index in [-0.39, 0.29) is 12.4 Å². The molecule has 0 saturated carbocycles. The van der Waals surface area contributed by atoms with Gasteiger partial charge in [0.1, 0.15) is 12.4 Å². The number of carbonyl (C=O) groups is 1. The van der Waals surface area contributed by atoms with Crippen LogP contribution in [0.25, 0.3) is 0 Å². The van der Waals surface area contributed by atoms with E-state index in [4.69, 9.17) is 13.9 Å². The Balaban J connectivity index is 2.06. The first-order valence-electron chi connectivity index (χ1n) is 5.35. The number of hydrogen-bond acceptors (Lipinski definition) is 4. The third-order valence-corrected chi connectivity index (χ3v) is 3.30. The van der Waals surface area contributed by atoms with Crippen LogP contribution in [0.5, 0.6) is 5.75 Å². The standard InChI is InChI=1S/C13H10Br2O4/c1-17-10-3-2-9(14)6-8(10)7-18-13(16)11-4-5-12(15)19-11/h2-6H,7H2,1H3. The lowest BCUT2D eigenvalue weighted by molar-refractivity contribution is 0.0432. The van der Waals surface area contributed by atoms with Gasteiger partial charge in [0.25, 0.3) is 0 Å². The smallest absolute Gasteiger partial charge is 0.374 e.